The average molecular weight is 463 g/mol. The predicted octanol–water partition coefficient (Wildman–Crippen LogP) is -3.02. The third-order valence-electron chi connectivity index (χ3n) is 4.54. The first-order valence-corrected chi connectivity index (χ1v) is 7.79. The zero-order valence-electron chi connectivity index (χ0n) is 15.0. The molecule has 25 heavy (non-hydrogen) atoms. The molecule has 0 unspecified atom stereocenters. The smallest absolute Gasteiger partial charge is 0.550 e. The van der Waals surface area contributed by atoms with Crippen molar-refractivity contribution in [1.82, 2.24) is 0 Å². The number of hydrogen-bond donors (Lipinski definition) is 0. The predicted molar refractivity (Wildman–Crippen MR) is 81.0 cm³/mol. The van der Waals surface area contributed by atoms with Gasteiger partial charge in [0.25, 0.3) is 0 Å². The van der Waals surface area contributed by atoms with Crippen LogP contribution in [0.1, 0.15) is 66.2 Å². The fourth-order valence-electron chi connectivity index (χ4n) is 2.27. The van der Waals surface area contributed by atoms with Gasteiger partial charge in [-0.15, -0.1) is 0 Å². The van der Waals surface area contributed by atoms with Crippen LogP contribution in [0.2, 0.25) is 0 Å². The van der Waals surface area contributed by atoms with Crippen LogP contribution in [0.4, 0.5) is 0 Å². The maximum Gasteiger partial charge on any atom is 4.00 e. The normalized spacial score (nSPS) is 10.7. The Bertz CT molecular complexity index is 411. The molecule has 0 fully saturated rings. The Morgan fingerprint density at radius 2 is 0.800 bits per heavy atom. The van der Waals surface area contributed by atoms with Crippen molar-refractivity contribution < 1.29 is 39.6 Å². The van der Waals surface area contributed by atoms with Gasteiger partial charge in [-0.05, 0) is 38.5 Å². The summed E-state index contributed by atoms with van der Waals surface area (Å²) < 4.78 is 0. The van der Waals surface area contributed by atoms with Crippen LogP contribution in [-0.2, 0) is 19.2 Å². The molecule has 9 heteroatoms. The van der Waals surface area contributed by atoms with Crippen LogP contribution in [-0.4, -0.2) is 47.8 Å². The van der Waals surface area contributed by atoms with Crippen molar-refractivity contribution in [3.63, 3.8) is 0 Å². The number of carbonyl (C=O) groups excluding carboxylic acids is 4. The number of carboxylic acid groups (broad SMARTS) is 4. The molecule has 0 aromatic rings. The van der Waals surface area contributed by atoms with E-state index in [1.165, 1.54) is 0 Å². The molecule has 0 aliphatic carbocycles. The van der Waals surface area contributed by atoms with Gasteiger partial charge in [-0.3, -0.25) is 0 Å². The minimum absolute atomic E-state index is 0. The van der Waals surface area contributed by atoms with Crippen LogP contribution in [0.5, 0.6) is 0 Å². The molecular formula is C16H24O8Sn. The minimum atomic E-state index is -1.34. The summed E-state index contributed by atoms with van der Waals surface area (Å²) in [7, 11) is 0. The SMILES string of the molecule is CCC(CC)(CC(=O)[O-])C(=O)[O-].CCC(CC)(CC(=O)[O-])C(=O)[O-].[Sn+4]. The molecule has 0 N–H and O–H groups in total. The Labute approximate surface area is 164 Å². The molecule has 0 saturated heterocycles. The standard InChI is InChI=1S/2C8H14O4.Sn/c2*1-3-8(4-2,7(11)12)5-6(9)10;/h2*3-5H2,1-2H3,(H,9,10)(H,11,12);/q;;+4/p-4. The number of carboxylic acids is 4. The van der Waals surface area contributed by atoms with Gasteiger partial charge in [0.2, 0.25) is 0 Å². The Kier molecular flexibility index (Phi) is 14.8. The van der Waals surface area contributed by atoms with Crippen molar-refractivity contribution in [2.45, 2.75) is 66.2 Å². The second kappa shape index (κ2) is 13.0. The summed E-state index contributed by atoms with van der Waals surface area (Å²) >= 11 is 0. The summed E-state index contributed by atoms with van der Waals surface area (Å²) in [5.74, 6) is -5.31. The molecule has 0 atom stereocenters. The average Bonchev–Trinajstić information content (AvgIpc) is 2.49. The van der Waals surface area contributed by atoms with Gasteiger partial charge in [-0.1, -0.05) is 27.7 Å². The summed E-state index contributed by atoms with van der Waals surface area (Å²) in [6, 6.07) is 0. The van der Waals surface area contributed by atoms with E-state index in [9.17, 15) is 39.6 Å². The maximum atomic E-state index is 10.6. The molecule has 8 nitrogen and oxygen atoms in total. The fourth-order valence-corrected chi connectivity index (χ4v) is 2.27. The monoisotopic (exact) mass is 464 g/mol. The second-order valence-electron chi connectivity index (χ2n) is 5.65. The zero-order valence-corrected chi connectivity index (χ0v) is 17.9. The van der Waals surface area contributed by atoms with Crippen LogP contribution in [0.15, 0.2) is 0 Å². The number of rotatable bonds is 10. The molecule has 140 valence electrons. The summed E-state index contributed by atoms with van der Waals surface area (Å²) in [5.41, 5.74) is -2.50. The molecule has 0 radical (unpaired) electrons. The molecule has 0 aromatic heterocycles. The van der Waals surface area contributed by atoms with Gasteiger partial charge in [0.1, 0.15) is 0 Å². The first-order valence-electron chi connectivity index (χ1n) is 7.79. The molecule has 0 aliphatic rings. The van der Waals surface area contributed by atoms with Gasteiger partial charge in [-0.2, -0.15) is 0 Å². The first-order chi connectivity index (χ1) is 11.0. The largest absolute Gasteiger partial charge is 4.00 e. The van der Waals surface area contributed by atoms with E-state index >= 15 is 0 Å². The van der Waals surface area contributed by atoms with Gasteiger partial charge in [0.05, 0.1) is 0 Å². The molecule has 0 spiro atoms. The van der Waals surface area contributed by atoms with Gasteiger partial charge >= 0.3 is 23.9 Å². The van der Waals surface area contributed by atoms with Crippen LogP contribution < -0.4 is 20.4 Å². The third kappa shape index (κ3) is 9.08. The quantitative estimate of drug-likeness (QED) is 0.310. The van der Waals surface area contributed by atoms with E-state index in [-0.39, 0.29) is 49.6 Å². The van der Waals surface area contributed by atoms with Crippen molar-refractivity contribution in [3.05, 3.63) is 0 Å². The van der Waals surface area contributed by atoms with E-state index in [1.54, 1.807) is 27.7 Å². The van der Waals surface area contributed by atoms with Crippen LogP contribution in [0.25, 0.3) is 0 Å². The van der Waals surface area contributed by atoms with E-state index in [1.807, 2.05) is 0 Å². The third-order valence-corrected chi connectivity index (χ3v) is 4.54. The maximum absolute atomic E-state index is 10.6. The van der Waals surface area contributed by atoms with E-state index < -0.39 is 47.5 Å². The number of hydrogen-bond acceptors (Lipinski definition) is 8. The Balaban J connectivity index is -0.000000372. The van der Waals surface area contributed by atoms with E-state index in [0.717, 1.165) is 0 Å². The Hall–Kier alpha value is -1.32. The summed E-state index contributed by atoms with van der Waals surface area (Å²) in [4.78, 5) is 41.7. The van der Waals surface area contributed by atoms with E-state index in [2.05, 4.69) is 0 Å². The molecule has 0 bridgehead atoms. The molecular weight excluding hydrogens is 439 g/mol. The Morgan fingerprint density at radius 1 is 0.600 bits per heavy atom. The number of carbonyl (C=O) groups is 4. The molecule has 0 aliphatic heterocycles. The van der Waals surface area contributed by atoms with Gasteiger partial charge in [0.15, 0.2) is 0 Å². The molecule has 0 saturated carbocycles. The van der Waals surface area contributed by atoms with Crippen molar-refractivity contribution in [2.24, 2.45) is 10.8 Å². The fraction of sp³-hybridized carbons (Fsp3) is 0.750. The van der Waals surface area contributed by atoms with Crippen molar-refractivity contribution in [1.29, 1.82) is 0 Å². The molecule has 0 rings (SSSR count). The molecule has 0 amide bonds. The summed E-state index contributed by atoms with van der Waals surface area (Å²) in [6.07, 6.45) is 0.0594. The van der Waals surface area contributed by atoms with Crippen LogP contribution in [0, 0.1) is 10.8 Å². The van der Waals surface area contributed by atoms with Crippen molar-refractivity contribution in [3.8, 4) is 0 Å². The van der Waals surface area contributed by atoms with Crippen molar-refractivity contribution in [2.75, 3.05) is 0 Å². The second-order valence-corrected chi connectivity index (χ2v) is 5.65. The van der Waals surface area contributed by atoms with Gasteiger partial charge in [-0.25, -0.2) is 0 Å². The zero-order chi connectivity index (χ0) is 19.6. The summed E-state index contributed by atoms with van der Waals surface area (Å²) in [5, 5.41) is 41.7. The van der Waals surface area contributed by atoms with Crippen molar-refractivity contribution >= 4 is 47.8 Å². The van der Waals surface area contributed by atoms with Crippen LogP contribution in [0.3, 0.4) is 0 Å². The van der Waals surface area contributed by atoms with Crippen LogP contribution >= 0.6 is 0 Å². The molecule has 0 heterocycles. The van der Waals surface area contributed by atoms with E-state index in [0.29, 0.717) is 0 Å². The first kappa shape index (κ1) is 28.5. The minimum Gasteiger partial charge on any atom is -0.550 e. The topological polar surface area (TPSA) is 161 Å². The number of aliphatic carboxylic acids is 4. The van der Waals surface area contributed by atoms with Gasteiger partial charge < -0.3 is 39.6 Å². The summed E-state index contributed by atoms with van der Waals surface area (Å²) in [6.45, 7) is 6.51. The molecule has 0 aromatic carbocycles. The Morgan fingerprint density at radius 3 is 0.840 bits per heavy atom. The van der Waals surface area contributed by atoms with E-state index in [4.69, 9.17) is 0 Å². The van der Waals surface area contributed by atoms with Gasteiger partial charge in [0, 0.05) is 34.7 Å².